The van der Waals surface area contributed by atoms with Crippen molar-refractivity contribution in [3.63, 3.8) is 0 Å². The van der Waals surface area contributed by atoms with Gasteiger partial charge in [0.05, 0.1) is 12.1 Å². The van der Waals surface area contributed by atoms with E-state index in [9.17, 15) is 9.90 Å². The van der Waals surface area contributed by atoms with Crippen molar-refractivity contribution in [1.82, 2.24) is 16.0 Å². The highest BCUT2D eigenvalue weighted by Crippen LogP contribution is 2.28. The van der Waals surface area contributed by atoms with E-state index < -0.39 is 0 Å². The van der Waals surface area contributed by atoms with Gasteiger partial charge in [0.1, 0.15) is 17.6 Å². The van der Waals surface area contributed by atoms with Gasteiger partial charge in [-0.05, 0) is 30.7 Å². The standard InChI is InChI=1S/C21H26N4O3.HI/c1-2-22-21(25-14-16-13-15-7-3-6-10-19(15)28-16)24-12-11-23-20(27)17-8-4-5-9-18(17)26;/h3-10,16,26H,2,11-14H2,1H3,(H,23,27)(H2,22,24,25);1H. The molecule has 0 saturated carbocycles. The smallest absolute Gasteiger partial charge is 0.255 e. The third-order valence-corrected chi connectivity index (χ3v) is 4.36. The summed E-state index contributed by atoms with van der Waals surface area (Å²) in [6, 6.07) is 14.5. The van der Waals surface area contributed by atoms with Crippen molar-refractivity contribution in [2.24, 2.45) is 4.99 Å². The van der Waals surface area contributed by atoms with Crippen molar-refractivity contribution in [2.75, 3.05) is 26.2 Å². The molecule has 0 aliphatic carbocycles. The summed E-state index contributed by atoms with van der Waals surface area (Å²) in [6.07, 6.45) is 0.893. The number of phenolic OH excluding ortho intramolecular Hbond substituents is 1. The second-order valence-electron chi connectivity index (χ2n) is 6.47. The number of hydrogen-bond acceptors (Lipinski definition) is 4. The number of nitrogens with zero attached hydrogens (tertiary/aromatic N) is 1. The Labute approximate surface area is 188 Å². The first-order valence-corrected chi connectivity index (χ1v) is 9.50. The first kappa shape index (κ1) is 22.8. The fraction of sp³-hybridized carbons (Fsp3) is 0.333. The van der Waals surface area contributed by atoms with Gasteiger partial charge in [0.25, 0.3) is 5.91 Å². The fourth-order valence-corrected chi connectivity index (χ4v) is 3.01. The summed E-state index contributed by atoms with van der Waals surface area (Å²) < 4.78 is 5.91. The van der Waals surface area contributed by atoms with Crippen LogP contribution in [-0.4, -0.2) is 49.3 Å². The Morgan fingerprint density at radius 2 is 1.83 bits per heavy atom. The highest BCUT2D eigenvalue weighted by molar-refractivity contribution is 14.0. The molecule has 1 unspecified atom stereocenters. The third-order valence-electron chi connectivity index (χ3n) is 4.36. The number of aromatic hydroxyl groups is 1. The lowest BCUT2D eigenvalue weighted by atomic mass is 10.1. The van der Waals surface area contributed by atoms with Crippen LogP contribution in [-0.2, 0) is 6.42 Å². The molecule has 2 aromatic rings. The highest BCUT2D eigenvalue weighted by atomic mass is 127. The van der Waals surface area contributed by atoms with E-state index in [1.807, 2.05) is 25.1 Å². The normalized spacial score (nSPS) is 14.9. The largest absolute Gasteiger partial charge is 0.507 e. The van der Waals surface area contributed by atoms with Crippen LogP contribution in [0.15, 0.2) is 53.5 Å². The van der Waals surface area contributed by atoms with Gasteiger partial charge in [-0.15, -0.1) is 24.0 Å². The maximum atomic E-state index is 12.1. The molecule has 0 radical (unpaired) electrons. The van der Waals surface area contributed by atoms with E-state index in [4.69, 9.17) is 4.74 Å². The van der Waals surface area contributed by atoms with Gasteiger partial charge in [-0.25, -0.2) is 4.99 Å². The topological polar surface area (TPSA) is 95.0 Å². The number of ether oxygens (including phenoxy) is 1. The number of hydrogen-bond donors (Lipinski definition) is 4. The molecule has 3 rings (SSSR count). The monoisotopic (exact) mass is 510 g/mol. The van der Waals surface area contributed by atoms with Crippen molar-refractivity contribution >= 4 is 35.8 Å². The molecule has 156 valence electrons. The Hall–Kier alpha value is -2.49. The molecule has 0 aromatic heterocycles. The van der Waals surface area contributed by atoms with Crippen LogP contribution in [0.25, 0.3) is 0 Å². The van der Waals surface area contributed by atoms with Crippen molar-refractivity contribution in [1.29, 1.82) is 0 Å². The van der Waals surface area contributed by atoms with Crippen LogP contribution in [0, 0.1) is 0 Å². The molecular formula is C21H27IN4O3. The Morgan fingerprint density at radius 1 is 1.10 bits per heavy atom. The SMILES string of the molecule is CCNC(=NCC1Cc2ccccc2O1)NCCNC(=O)c1ccccc1O.I. The summed E-state index contributed by atoms with van der Waals surface area (Å²) in [5.74, 6) is 1.28. The van der Waals surface area contributed by atoms with E-state index >= 15 is 0 Å². The van der Waals surface area contributed by atoms with Crippen molar-refractivity contribution in [3.05, 3.63) is 59.7 Å². The minimum absolute atomic E-state index is 0. The highest BCUT2D eigenvalue weighted by Gasteiger charge is 2.21. The van der Waals surface area contributed by atoms with Gasteiger partial charge < -0.3 is 25.8 Å². The first-order chi connectivity index (χ1) is 13.7. The third kappa shape index (κ3) is 6.52. The molecule has 0 bridgehead atoms. The van der Waals surface area contributed by atoms with Gasteiger partial charge in [-0.2, -0.15) is 0 Å². The lowest BCUT2D eigenvalue weighted by Crippen LogP contribution is -2.42. The van der Waals surface area contributed by atoms with Crippen LogP contribution in [0.5, 0.6) is 11.5 Å². The number of guanidine groups is 1. The summed E-state index contributed by atoms with van der Waals surface area (Å²) >= 11 is 0. The number of fused-ring (bicyclic) bond motifs is 1. The van der Waals surface area contributed by atoms with E-state index in [-0.39, 0.29) is 47.3 Å². The van der Waals surface area contributed by atoms with Crippen molar-refractivity contribution in [2.45, 2.75) is 19.4 Å². The lowest BCUT2D eigenvalue weighted by Gasteiger charge is -2.14. The van der Waals surface area contributed by atoms with Gasteiger partial charge in [0.2, 0.25) is 0 Å². The summed E-state index contributed by atoms with van der Waals surface area (Å²) in [5, 5.41) is 18.9. The lowest BCUT2D eigenvalue weighted by molar-refractivity contribution is 0.0951. The molecule has 1 aliphatic heterocycles. The minimum atomic E-state index is -0.307. The van der Waals surface area contributed by atoms with Crippen LogP contribution >= 0.6 is 24.0 Å². The Balaban J connectivity index is 0.00000300. The number of aliphatic imine (C=N–C) groups is 1. The zero-order valence-electron chi connectivity index (χ0n) is 16.4. The molecule has 2 aromatic carbocycles. The van der Waals surface area contributed by atoms with Crippen LogP contribution in [0.4, 0.5) is 0 Å². The van der Waals surface area contributed by atoms with Gasteiger partial charge in [-0.1, -0.05) is 30.3 Å². The first-order valence-electron chi connectivity index (χ1n) is 9.50. The van der Waals surface area contributed by atoms with E-state index in [0.717, 1.165) is 18.7 Å². The second-order valence-corrected chi connectivity index (χ2v) is 6.47. The molecular weight excluding hydrogens is 483 g/mol. The van der Waals surface area contributed by atoms with Gasteiger partial charge >= 0.3 is 0 Å². The quantitative estimate of drug-likeness (QED) is 0.199. The van der Waals surface area contributed by atoms with Crippen LogP contribution in [0.3, 0.4) is 0 Å². The second kappa shape index (κ2) is 11.5. The average molecular weight is 510 g/mol. The zero-order chi connectivity index (χ0) is 19.8. The number of carbonyl (C=O) groups is 1. The van der Waals surface area contributed by atoms with E-state index in [1.165, 1.54) is 11.6 Å². The molecule has 1 amide bonds. The van der Waals surface area contributed by atoms with E-state index in [2.05, 4.69) is 27.0 Å². The molecule has 29 heavy (non-hydrogen) atoms. The maximum Gasteiger partial charge on any atom is 0.255 e. The molecule has 0 saturated heterocycles. The predicted octanol–water partition coefficient (Wildman–Crippen LogP) is 2.30. The number of benzene rings is 2. The molecule has 7 nitrogen and oxygen atoms in total. The number of halogens is 1. The zero-order valence-corrected chi connectivity index (χ0v) is 18.7. The number of phenols is 1. The van der Waals surface area contributed by atoms with Crippen molar-refractivity contribution in [3.8, 4) is 11.5 Å². The molecule has 0 spiro atoms. The number of nitrogens with one attached hydrogen (secondary N) is 3. The van der Waals surface area contributed by atoms with Gasteiger partial charge in [0.15, 0.2) is 5.96 Å². The molecule has 1 atom stereocenters. The number of para-hydroxylation sites is 2. The van der Waals surface area contributed by atoms with Crippen molar-refractivity contribution < 1.29 is 14.6 Å². The maximum absolute atomic E-state index is 12.1. The molecule has 4 N–H and O–H groups in total. The van der Waals surface area contributed by atoms with E-state index in [0.29, 0.717) is 25.6 Å². The number of amides is 1. The Bertz CT molecular complexity index is 819. The molecule has 1 aliphatic rings. The predicted molar refractivity (Wildman–Crippen MR) is 124 cm³/mol. The fourth-order valence-electron chi connectivity index (χ4n) is 3.01. The Kier molecular flexibility index (Phi) is 9.04. The summed E-state index contributed by atoms with van der Waals surface area (Å²) in [5.41, 5.74) is 1.48. The van der Waals surface area contributed by atoms with Crippen LogP contribution in [0.1, 0.15) is 22.8 Å². The van der Waals surface area contributed by atoms with Gasteiger partial charge in [0, 0.05) is 26.1 Å². The van der Waals surface area contributed by atoms with Crippen LogP contribution in [0.2, 0.25) is 0 Å². The van der Waals surface area contributed by atoms with Gasteiger partial charge in [-0.3, -0.25) is 4.79 Å². The van der Waals surface area contributed by atoms with Crippen LogP contribution < -0.4 is 20.7 Å². The molecule has 0 fully saturated rings. The summed E-state index contributed by atoms with van der Waals surface area (Å²) in [7, 11) is 0. The Morgan fingerprint density at radius 3 is 2.59 bits per heavy atom. The molecule has 8 heteroatoms. The molecule has 1 heterocycles. The average Bonchev–Trinajstić information content (AvgIpc) is 3.12. The summed E-state index contributed by atoms with van der Waals surface area (Å²) in [6.45, 7) is 4.20. The number of rotatable bonds is 7. The summed E-state index contributed by atoms with van der Waals surface area (Å²) in [4.78, 5) is 16.7. The minimum Gasteiger partial charge on any atom is -0.507 e. The number of carbonyl (C=O) groups excluding carboxylic acids is 1. The van der Waals surface area contributed by atoms with E-state index in [1.54, 1.807) is 18.2 Å².